The van der Waals surface area contributed by atoms with Crippen molar-refractivity contribution < 1.29 is 13.5 Å². The molecule has 0 aromatic carbocycles. The van der Waals surface area contributed by atoms with Gasteiger partial charge in [-0.3, -0.25) is 5.10 Å². The SMILES string of the molecule is FC1(F)CCN(c2c(-c3cn[nH]c3)ncn3nc(NC4CCOC4)nc23)C1. The lowest BCUT2D eigenvalue weighted by atomic mass is 10.2. The van der Waals surface area contributed by atoms with Gasteiger partial charge in [0.05, 0.1) is 25.4 Å². The molecule has 11 heteroatoms. The molecule has 142 valence electrons. The standard InChI is InChI=1S/C16H18F2N8O/c17-16(18)2-3-25(8-16)13-12(10-5-20-21-6-10)19-9-26-14(13)23-15(24-26)22-11-1-4-27-7-11/h5-6,9,11H,1-4,7-8H2,(H,20,21)(H,22,24). The summed E-state index contributed by atoms with van der Waals surface area (Å²) in [5.41, 5.74) is 2.29. The summed E-state index contributed by atoms with van der Waals surface area (Å²) in [4.78, 5) is 10.6. The van der Waals surface area contributed by atoms with E-state index < -0.39 is 5.92 Å². The first kappa shape index (κ1) is 16.4. The topological polar surface area (TPSA) is 96.3 Å². The first-order valence-electron chi connectivity index (χ1n) is 8.81. The van der Waals surface area contributed by atoms with Crippen LogP contribution in [0.5, 0.6) is 0 Å². The summed E-state index contributed by atoms with van der Waals surface area (Å²) in [5.74, 6) is -2.30. The summed E-state index contributed by atoms with van der Waals surface area (Å²) in [6.07, 6.45) is 5.51. The van der Waals surface area contributed by atoms with Crippen LogP contribution in [0.4, 0.5) is 20.4 Å². The Hall–Kier alpha value is -2.82. The largest absolute Gasteiger partial charge is 0.379 e. The van der Waals surface area contributed by atoms with Gasteiger partial charge in [-0.25, -0.2) is 13.8 Å². The van der Waals surface area contributed by atoms with Crippen LogP contribution in [0.2, 0.25) is 0 Å². The average Bonchev–Trinajstić information content (AvgIpc) is 3.41. The zero-order valence-electron chi connectivity index (χ0n) is 14.4. The summed E-state index contributed by atoms with van der Waals surface area (Å²) >= 11 is 0. The molecular formula is C16H18F2N8O. The molecule has 27 heavy (non-hydrogen) atoms. The van der Waals surface area contributed by atoms with Crippen molar-refractivity contribution in [1.29, 1.82) is 0 Å². The number of anilines is 2. The summed E-state index contributed by atoms with van der Waals surface area (Å²) in [7, 11) is 0. The van der Waals surface area contributed by atoms with Crippen molar-refractivity contribution in [2.75, 3.05) is 36.5 Å². The number of aromatic amines is 1. The number of ether oxygens (including phenoxy) is 1. The Morgan fingerprint density at radius 3 is 3.00 bits per heavy atom. The monoisotopic (exact) mass is 376 g/mol. The third kappa shape index (κ3) is 2.97. The molecule has 5 heterocycles. The lowest BCUT2D eigenvalue weighted by Gasteiger charge is -2.20. The highest BCUT2D eigenvalue weighted by atomic mass is 19.3. The number of hydrogen-bond acceptors (Lipinski definition) is 7. The Bertz CT molecular complexity index is 951. The predicted octanol–water partition coefficient (Wildman–Crippen LogP) is 1.56. The molecule has 3 aromatic rings. The van der Waals surface area contributed by atoms with E-state index in [1.54, 1.807) is 23.6 Å². The fourth-order valence-electron chi connectivity index (χ4n) is 3.55. The maximum absolute atomic E-state index is 13.9. The molecule has 2 saturated heterocycles. The number of nitrogens with one attached hydrogen (secondary N) is 2. The van der Waals surface area contributed by atoms with Crippen molar-refractivity contribution in [2.45, 2.75) is 24.8 Å². The molecule has 0 aliphatic carbocycles. The van der Waals surface area contributed by atoms with E-state index in [4.69, 9.17) is 4.74 Å². The van der Waals surface area contributed by atoms with Crippen LogP contribution in [0.15, 0.2) is 18.7 Å². The second-order valence-corrected chi connectivity index (χ2v) is 6.86. The van der Waals surface area contributed by atoms with Gasteiger partial charge in [-0.1, -0.05) is 0 Å². The number of alkyl halides is 2. The highest BCUT2D eigenvalue weighted by Crippen LogP contribution is 2.38. The molecule has 5 rings (SSSR count). The fourth-order valence-corrected chi connectivity index (χ4v) is 3.55. The van der Waals surface area contributed by atoms with Crippen LogP contribution < -0.4 is 10.2 Å². The summed E-state index contributed by atoms with van der Waals surface area (Å²) in [5, 5.41) is 14.3. The van der Waals surface area contributed by atoms with Gasteiger partial charge in [0.2, 0.25) is 5.95 Å². The summed E-state index contributed by atoms with van der Waals surface area (Å²) in [6.45, 7) is 1.15. The molecule has 1 unspecified atom stereocenters. The van der Waals surface area contributed by atoms with Gasteiger partial charge in [-0.15, -0.1) is 5.10 Å². The second kappa shape index (κ2) is 6.12. The van der Waals surface area contributed by atoms with Crippen LogP contribution >= 0.6 is 0 Å². The van der Waals surface area contributed by atoms with Crippen LogP contribution in [0.1, 0.15) is 12.8 Å². The number of fused-ring (bicyclic) bond motifs is 1. The second-order valence-electron chi connectivity index (χ2n) is 6.86. The Labute approximate surface area is 152 Å². The molecular weight excluding hydrogens is 358 g/mol. The molecule has 1 atom stereocenters. The van der Waals surface area contributed by atoms with Crippen LogP contribution in [0.3, 0.4) is 0 Å². The van der Waals surface area contributed by atoms with E-state index in [-0.39, 0.29) is 25.6 Å². The van der Waals surface area contributed by atoms with Crippen LogP contribution in [-0.4, -0.2) is 68.0 Å². The first-order valence-corrected chi connectivity index (χ1v) is 8.81. The molecule has 0 saturated carbocycles. The molecule has 2 N–H and O–H groups in total. The van der Waals surface area contributed by atoms with Gasteiger partial charge in [-0.05, 0) is 6.42 Å². The molecule has 2 aliphatic rings. The average molecular weight is 376 g/mol. The van der Waals surface area contributed by atoms with Gasteiger partial charge in [0, 0.05) is 31.3 Å². The van der Waals surface area contributed by atoms with Gasteiger partial charge in [0.25, 0.3) is 5.92 Å². The number of rotatable bonds is 4. The van der Waals surface area contributed by atoms with Crippen molar-refractivity contribution in [3.8, 4) is 11.3 Å². The maximum atomic E-state index is 13.9. The zero-order valence-corrected chi connectivity index (χ0v) is 14.4. The smallest absolute Gasteiger partial charge is 0.266 e. The number of H-pyrrole nitrogens is 1. The minimum atomic E-state index is -2.73. The van der Waals surface area contributed by atoms with Gasteiger partial charge < -0.3 is 15.0 Å². The summed E-state index contributed by atoms with van der Waals surface area (Å²) in [6, 6.07) is 0.142. The van der Waals surface area contributed by atoms with Crippen molar-refractivity contribution in [2.24, 2.45) is 0 Å². The van der Waals surface area contributed by atoms with E-state index in [2.05, 4.69) is 30.6 Å². The molecule has 9 nitrogen and oxygen atoms in total. The minimum absolute atomic E-state index is 0.142. The maximum Gasteiger partial charge on any atom is 0.266 e. The fraction of sp³-hybridized carbons (Fsp3) is 0.500. The Balaban J connectivity index is 1.60. The quantitative estimate of drug-likeness (QED) is 0.713. The molecule has 3 aromatic heterocycles. The van der Waals surface area contributed by atoms with Crippen molar-refractivity contribution >= 4 is 17.3 Å². The molecule has 0 bridgehead atoms. The first-order chi connectivity index (χ1) is 13.1. The zero-order chi connectivity index (χ0) is 18.4. The Kier molecular flexibility index (Phi) is 3.71. The van der Waals surface area contributed by atoms with Crippen molar-refractivity contribution in [1.82, 2.24) is 29.8 Å². The van der Waals surface area contributed by atoms with Crippen LogP contribution in [0.25, 0.3) is 16.9 Å². The Morgan fingerprint density at radius 2 is 2.30 bits per heavy atom. The Morgan fingerprint density at radius 1 is 1.37 bits per heavy atom. The van der Waals surface area contributed by atoms with E-state index in [0.717, 1.165) is 6.42 Å². The highest BCUT2D eigenvalue weighted by Gasteiger charge is 2.40. The van der Waals surface area contributed by atoms with Gasteiger partial charge in [-0.2, -0.15) is 14.6 Å². The number of halogens is 2. The van der Waals surface area contributed by atoms with E-state index in [1.807, 2.05) is 0 Å². The van der Waals surface area contributed by atoms with E-state index in [1.165, 1.54) is 4.52 Å². The molecule has 0 amide bonds. The van der Waals surface area contributed by atoms with Crippen molar-refractivity contribution in [3.05, 3.63) is 18.7 Å². The molecule has 0 radical (unpaired) electrons. The third-order valence-electron chi connectivity index (χ3n) is 4.88. The molecule has 0 spiro atoms. The van der Waals surface area contributed by atoms with Crippen LogP contribution in [0, 0.1) is 0 Å². The number of nitrogens with zero attached hydrogens (tertiary/aromatic N) is 6. The summed E-state index contributed by atoms with van der Waals surface area (Å²) < 4.78 is 34.6. The predicted molar refractivity (Wildman–Crippen MR) is 93.0 cm³/mol. The van der Waals surface area contributed by atoms with E-state index >= 15 is 0 Å². The van der Waals surface area contributed by atoms with Gasteiger partial charge in [0.15, 0.2) is 5.65 Å². The van der Waals surface area contributed by atoms with Gasteiger partial charge >= 0.3 is 0 Å². The third-order valence-corrected chi connectivity index (χ3v) is 4.88. The normalized spacial score (nSPS) is 22.0. The minimum Gasteiger partial charge on any atom is -0.379 e. The van der Waals surface area contributed by atoms with E-state index in [0.29, 0.717) is 41.8 Å². The lowest BCUT2D eigenvalue weighted by Crippen LogP contribution is -2.26. The molecule has 2 fully saturated rings. The highest BCUT2D eigenvalue weighted by molar-refractivity contribution is 5.85. The molecule has 2 aliphatic heterocycles. The number of aromatic nitrogens is 6. The van der Waals surface area contributed by atoms with E-state index in [9.17, 15) is 8.78 Å². The lowest BCUT2D eigenvalue weighted by molar-refractivity contribution is 0.0257. The van der Waals surface area contributed by atoms with Crippen LogP contribution in [-0.2, 0) is 4.74 Å². The van der Waals surface area contributed by atoms with Gasteiger partial charge in [0.1, 0.15) is 17.7 Å². The van der Waals surface area contributed by atoms with Crippen molar-refractivity contribution in [3.63, 3.8) is 0 Å². The number of hydrogen-bond donors (Lipinski definition) is 2.